The smallest absolute Gasteiger partial charge is 0.352 e. The lowest BCUT2D eigenvalue weighted by molar-refractivity contribution is -0.302. The second-order valence-corrected chi connectivity index (χ2v) is 18.8. The van der Waals surface area contributed by atoms with E-state index in [2.05, 4.69) is 0 Å². The molecule has 2 spiro atoms. The first-order valence-electron chi connectivity index (χ1n) is 18.9. The first kappa shape index (κ1) is 40.2. The number of hydrogen-bond acceptors (Lipinski definition) is 16. The van der Waals surface area contributed by atoms with Gasteiger partial charge in [0.25, 0.3) is 33.3 Å². The van der Waals surface area contributed by atoms with E-state index in [-0.39, 0.29) is 47.9 Å². The number of carbonyl (C=O) groups excluding carboxylic acids is 4. The molecule has 316 valence electrons. The number of benzene rings is 4. The van der Waals surface area contributed by atoms with Crippen molar-refractivity contribution in [1.29, 1.82) is 0 Å². The van der Waals surface area contributed by atoms with Crippen molar-refractivity contribution in [3.05, 3.63) is 189 Å². The van der Waals surface area contributed by atoms with E-state index in [1.54, 1.807) is 72.8 Å². The molecule has 5 aliphatic rings. The highest BCUT2D eigenvalue weighted by atomic mass is 32.2. The Kier molecular flexibility index (Phi) is 9.22. The Bertz CT molecular complexity index is 2630. The highest BCUT2D eigenvalue weighted by Gasteiger charge is 2.63. The van der Waals surface area contributed by atoms with E-state index in [0.29, 0.717) is 12.2 Å². The van der Waals surface area contributed by atoms with Gasteiger partial charge in [0.1, 0.15) is 11.1 Å². The number of aliphatic hydroxyl groups is 2. The van der Waals surface area contributed by atoms with E-state index in [1.807, 2.05) is 0 Å². The van der Waals surface area contributed by atoms with Crippen LogP contribution in [0.5, 0.6) is 0 Å². The summed E-state index contributed by atoms with van der Waals surface area (Å²) in [6.45, 7) is 0. The van der Waals surface area contributed by atoms with Gasteiger partial charge in [-0.25, -0.2) is 36.0 Å². The molecule has 4 heterocycles. The standard InChI is InChI=1S/C44H32O16S2/c45-35-31(25-33-39(49)59-43(61(33,51)52,27-13-5-1-6-14-27)28-15-7-2-8-16-28)36(46)56-41(55-35)21-23-42(24-22-41)57-37(47)32(38(48)58-42)26-34-40(50)60-44(62(34,53)54,29-17-9-3-10-18-29)30-19-11-4-12-20-30/h1-20,25-26,45,47H,21-24H2/b33-25+,34-26+. The number of aliphatic hydroxyl groups excluding tert-OH is 2. The van der Waals surface area contributed by atoms with Gasteiger partial charge in [-0.1, -0.05) is 121 Å². The average Bonchev–Trinajstić information content (AvgIpc) is 3.59. The Hall–Kier alpha value is -7.18. The summed E-state index contributed by atoms with van der Waals surface area (Å²) in [5.74, 6) is -11.1. The molecule has 0 radical (unpaired) electrons. The van der Waals surface area contributed by atoms with Gasteiger partial charge in [-0.2, -0.15) is 0 Å². The fourth-order valence-corrected chi connectivity index (χ4v) is 12.0. The predicted octanol–water partition coefficient (Wildman–Crippen LogP) is 5.15. The number of cyclic esters (lactones) is 2. The third-order valence-electron chi connectivity index (χ3n) is 11.2. The van der Waals surface area contributed by atoms with Crippen LogP contribution in [0.4, 0.5) is 0 Å². The van der Waals surface area contributed by atoms with Gasteiger partial charge in [-0.05, 0) is 12.2 Å². The van der Waals surface area contributed by atoms with Crippen LogP contribution in [0.15, 0.2) is 166 Å². The SMILES string of the molecule is O=C1OC2(CCC3(CC2)OC(=O)C(/C=C2\C(=O)OC(c4ccccc4)(c4ccccc4)S2(=O)=O)=C(O)O3)OC(O)=C1/C=C1\C(=O)OC(c2ccccc2)(c2ccccc2)S1(=O)=O. The number of hydrogen-bond donors (Lipinski definition) is 2. The second kappa shape index (κ2) is 14.2. The molecule has 4 aromatic rings. The zero-order valence-electron chi connectivity index (χ0n) is 32.0. The molecule has 2 saturated heterocycles. The monoisotopic (exact) mass is 880 g/mol. The summed E-state index contributed by atoms with van der Waals surface area (Å²) in [7, 11) is -9.56. The van der Waals surface area contributed by atoms with Crippen LogP contribution >= 0.6 is 0 Å². The van der Waals surface area contributed by atoms with Gasteiger partial charge in [-0.15, -0.1) is 0 Å². The minimum absolute atomic E-state index is 0.105. The number of sulfone groups is 2. The van der Waals surface area contributed by atoms with Crippen LogP contribution in [0, 0.1) is 0 Å². The number of ether oxygens (including phenoxy) is 6. The van der Waals surface area contributed by atoms with Crippen molar-refractivity contribution in [3.8, 4) is 0 Å². The Morgan fingerprint density at radius 1 is 0.403 bits per heavy atom. The van der Waals surface area contributed by atoms with Gasteiger partial charge < -0.3 is 38.6 Å². The van der Waals surface area contributed by atoms with E-state index >= 15 is 0 Å². The Labute approximate surface area is 352 Å². The zero-order chi connectivity index (χ0) is 43.7. The normalized spacial score (nSPS) is 27.0. The average molecular weight is 881 g/mol. The van der Waals surface area contributed by atoms with Crippen LogP contribution in [0.3, 0.4) is 0 Å². The quantitative estimate of drug-likeness (QED) is 0.145. The van der Waals surface area contributed by atoms with Crippen LogP contribution in [0.1, 0.15) is 47.9 Å². The van der Waals surface area contributed by atoms with Crippen molar-refractivity contribution in [2.45, 2.75) is 47.1 Å². The van der Waals surface area contributed by atoms with Gasteiger partial charge in [0.15, 0.2) is 9.81 Å². The maximum Gasteiger partial charge on any atom is 0.352 e. The molecule has 0 bridgehead atoms. The van der Waals surface area contributed by atoms with Crippen molar-refractivity contribution >= 4 is 43.6 Å². The maximum atomic E-state index is 14.3. The molecule has 1 saturated carbocycles. The van der Waals surface area contributed by atoms with Crippen molar-refractivity contribution in [2.75, 3.05) is 0 Å². The molecule has 3 fully saturated rings. The molecule has 0 atom stereocenters. The molecule has 18 heteroatoms. The van der Waals surface area contributed by atoms with Crippen LogP contribution < -0.4 is 0 Å². The van der Waals surface area contributed by atoms with E-state index in [1.165, 1.54) is 48.5 Å². The third kappa shape index (κ3) is 5.92. The molecule has 4 aliphatic heterocycles. The molecule has 9 rings (SSSR count). The van der Waals surface area contributed by atoms with Gasteiger partial charge in [0, 0.05) is 47.9 Å². The Morgan fingerprint density at radius 2 is 0.677 bits per heavy atom. The summed E-state index contributed by atoms with van der Waals surface area (Å²) in [5, 5.41) is 22.1. The first-order chi connectivity index (χ1) is 29.6. The Balaban J connectivity index is 0.966. The van der Waals surface area contributed by atoms with Crippen molar-refractivity contribution < 1.29 is 74.6 Å². The van der Waals surface area contributed by atoms with Gasteiger partial charge in [-0.3, -0.25) is 0 Å². The van der Waals surface area contributed by atoms with E-state index < -0.39 is 97.8 Å². The van der Waals surface area contributed by atoms with Crippen LogP contribution in [-0.4, -0.2) is 62.5 Å². The van der Waals surface area contributed by atoms with E-state index in [0.717, 1.165) is 0 Å². The minimum Gasteiger partial charge on any atom is -0.480 e. The van der Waals surface area contributed by atoms with Crippen LogP contribution in [-0.2, 0) is 77.1 Å². The highest BCUT2D eigenvalue weighted by molar-refractivity contribution is 7.98. The van der Waals surface area contributed by atoms with Crippen molar-refractivity contribution in [3.63, 3.8) is 0 Å². The van der Waals surface area contributed by atoms with Crippen LogP contribution in [0.25, 0.3) is 0 Å². The summed E-state index contributed by atoms with van der Waals surface area (Å²) < 4.78 is 91.0. The number of rotatable bonds is 6. The topological polar surface area (TPSA) is 232 Å². The summed E-state index contributed by atoms with van der Waals surface area (Å²) in [6, 6.07) is 30.8. The molecule has 0 unspecified atom stereocenters. The van der Waals surface area contributed by atoms with Gasteiger partial charge in [0.2, 0.25) is 19.7 Å². The predicted molar refractivity (Wildman–Crippen MR) is 211 cm³/mol. The van der Waals surface area contributed by atoms with Crippen molar-refractivity contribution in [1.82, 2.24) is 0 Å². The van der Waals surface area contributed by atoms with Gasteiger partial charge in [0.05, 0.1) is 0 Å². The molecule has 16 nitrogen and oxygen atoms in total. The van der Waals surface area contributed by atoms with Gasteiger partial charge >= 0.3 is 23.9 Å². The molecular formula is C44H32O16S2. The third-order valence-corrected chi connectivity index (χ3v) is 15.5. The second-order valence-electron chi connectivity index (χ2n) is 14.7. The minimum atomic E-state index is -4.78. The number of esters is 4. The summed E-state index contributed by atoms with van der Waals surface area (Å²) in [4.78, 5) is 47.2. The van der Waals surface area contributed by atoms with E-state index in [4.69, 9.17) is 28.4 Å². The molecule has 2 N–H and O–H groups in total. The highest BCUT2D eigenvalue weighted by Crippen LogP contribution is 2.52. The fraction of sp³-hybridized carbons (Fsp3) is 0.182. The van der Waals surface area contributed by atoms with E-state index in [9.17, 15) is 46.2 Å². The summed E-state index contributed by atoms with van der Waals surface area (Å²) >= 11 is 0. The number of carbonyl (C=O) groups is 4. The molecule has 62 heavy (non-hydrogen) atoms. The molecule has 0 amide bonds. The first-order valence-corrected chi connectivity index (χ1v) is 21.9. The molecule has 4 aromatic carbocycles. The maximum absolute atomic E-state index is 14.3. The molecule has 1 aliphatic carbocycles. The van der Waals surface area contributed by atoms with Crippen LogP contribution in [0.2, 0.25) is 0 Å². The molecular weight excluding hydrogens is 849 g/mol. The lowest BCUT2D eigenvalue weighted by Crippen LogP contribution is -2.53. The Morgan fingerprint density at radius 3 is 0.935 bits per heavy atom. The summed E-state index contributed by atoms with van der Waals surface area (Å²) in [6.07, 6.45) is -0.0673. The van der Waals surface area contributed by atoms with Crippen molar-refractivity contribution in [2.24, 2.45) is 0 Å². The largest absolute Gasteiger partial charge is 0.480 e. The lowest BCUT2D eigenvalue weighted by atomic mass is 9.87. The summed E-state index contributed by atoms with van der Waals surface area (Å²) in [5.41, 5.74) is -1.18. The lowest BCUT2D eigenvalue weighted by Gasteiger charge is -2.46. The zero-order valence-corrected chi connectivity index (χ0v) is 33.6. The fourth-order valence-electron chi connectivity index (χ4n) is 8.14. The molecule has 0 aromatic heterocycles.